The Bertz CT molecular complexity index is 214. The number of nitrogens with two attached hydrogens (primary N) is 1. The van der Waals surface area contributed by atoms with Crippen LogP contribution in [0.2, 0.25) is 0 Å². The van der Waals surface area contributed by atoms with Crippen molar-refractivity contribution in [3.63, 3.8) is 0 Å². The molecule has 1 rings (SSSR count). The second-order valence-corrected chi connectivity index (χ2v) is 2.96. The summed E-state index contributed by atoms with van der Waals surface area (Å²) >= 11 is 1.30. The maximum Gasteiger partial charge on any atom is 0.207 e. The first-order valence-corrected chi connectivity index (χ1v) is 4.08. The highest BCUT2D eigenvalue weighted by molar-refractivity contribution is 7.18. The molecule has 0 bridgehead atoms. The molecule has 5 nitrogen and oxygen atoms in total. The molecular weight excluding hydrogens is 164 g/mol. The molecule has 0 unspecified atom stereocenters. The van der Waals surface area contributed by atoms with Gasteiger partial charge in [0.05, 0.1) is 0 Å². The van der Waals surface area contributed by atoms with Crippen molar-refractivity contribution < 1.29 is 5.11 Å². The van der Waals surface area contributed by atoms with E-state index in [0.717, 1.165) is 0 Å². The fraction of sp³-hybridized carbons (Fsp3) is 0.600. The quantitative estimate of drug-likeness (QED) is 0.556. The van der Waals surface area contributed by atoms with E-state index in [1.54, 1.807) is 0 Å². The lowest BCUT2D eigenvalue weighted by Crippen LogP contribution is -2.02. The molecular formula is C5H10N4OS. The molecule has 0 aromatic carbocycles. The Kier molecular flexibility index (Phi) is 3.06. The largest absolute Gasteiger partial charge is 0.396 e. The van der Waals surface area contributed by atoms with Crippen LogP contribution in [0.3, 0.4) is 0 Å². The average molecular weight is 174 g/mol. The lowest BCUT2D eigenvalue weighted by atomic mass is 10.5. The average Bonchev–Trinajstić information content (AvgIpc) is 2.37. The van der Waals surface area contributed by atoms with Gasteiger partial charge in [-0.05, 0) is 6.42 Å². The Morgan fingerprint density at radius 2 is 2.36 bits per heavy atom. The summed E-state index contributed by atoms with van der Waals surface area (Å²) in [5.74, 6) is 0. The zero-order valence-electron chi connectivity index (χ0n) is 5.95. The van der Waals surface area contributed by atoms with E-state index in [-0.39, 0.29) is 6.61 Å². The number of anilines is 2. The number of nitrogens with one attached hydrogen (secondary N) is 1. The Morgan fingerprint density at radius 3 is 2.91 bits per heavy atom. The first-order valence-electron chi connectivity index (χ1n) is 3.26. The van der Waals surface area contributed by atoms with Gasteiger partial charge in [-0.3, -0.25) is 0 Å². The number of nitrogen functional groups attached to an aromatic ring is 1. The standard InChI is InChI=1S/C5H10N4OS/c6-4-8-9-5(11-4)7-2-1-3-10/h10H,1-3H2,(H2,6,8)(H,7,9). The minimum absolute atomic E-state index is 0.182. The molecule has 4 N–H and O–H groups in total. The van der Waals surface area contributed by atoms with Gasteiger partial charge in [-0.2, -0.15) is 0 Å². The van der Waals surface area contributed by atoms with Crippen LogP contribution in [-0.2, 0) is 0 Å². The number of hydrogen-bond acceptors (Lipinski definition) is 6. The predicted octanol–water partition coefficient (Wildman–Crippen LogP) is -0.0854. The molecule has 62 valence electrons. The topological polar surface area (TPSA) is 84.1 Å². The van der Waals surface area contributed by atoms with Crippen LogP contribution in [0.25, 0.3) is 0 Å². The van der Waals surface area contributed by atoms with Gasteiger partial charge < -0.3 is 16.2 Å². The highest BCUT2D eigenvalue weighted by Gasteiger charge is 1.97. The van der Waals surface area contributed by atoms with Crippen LogP contribution in [0, 0.1) is 0 Å². The number of aliphatic hydroxyl groups excluding tert-OH is 1. The first kappa shape index (κ1) is 8.22. The van der Waals surface area contributed by atoms with Crippen LogP contribution in [0.5, 0.6) is 0 Å². The van der Waals surface area contributed by atoms with Crippen molar-refractivity contribution >= 4 is 21.6 Å². The maximum atomic E-state index is 8.45. The molecule has 0 spiro atoms. The third-order valence-corrected chi connectivity index (χ3v) is 1.76. The Morgan fingerprint density at radius 1 is 1.55 bits per heavy atom. The highest BCUT2D eigenvalue weighted by atomic mass is 32.1. The lowest BCUT2D eigenvalue weighted by molar-refractivity contribution is 0.292. The van der Waals surface area contributed by atoms with Gasteiger partial charge in [-0.1, -0.05) is 11.3 Å². The van der Waals surface area contributed by atoms with E-state index < -0.39 is 0 Å². The summed E-state index contributed by atoms with van der Waals surface area (Å²) in [6, 6.07) is 0. The number of nitrogens with zero attached hydrogens (tertiary/aromatic N) is 2. The maximum absolute atomic E-state index is 8.45. The van der Waals surface area contributed by atoms with E-state index in [1.165, 1.54) is 11.3 Å². The second-order valence-electron chi connectivity index (χ2n) is 1.95. The van der Waals surface area contributed by atoms with E-state index in [2.05, 4.69) is 15.5 Å². The van der Waals surface area contributed by atoms with Gasteiger partial charge in [0.25, 0.3) is 0 Å². The fourth-order valence-corrected chi connectivity index (χ4v) is 1.12. The highest BCUT2D eigenvalue weighted by Crippen LogP contribution is 2.15. The smallest absolute Gasteiger partial charge is 0.207 e. The Labute approximate surface area is 68.3 Å². The van der Waals surface area contributed by atoms with E-state index >= 15 is 0 Å². The third-order valence-electron chi connectivity index (χ3n) is 1.05. The normalized spacial score (nSPS) is 9.91. The lowest BCUT2D eigenvalue weighted by Gasteiger charge is -1.96. The van der Waals surface area contributed by atoms with E-state index in [1.807, 2.05) is 0 Å². The van der Waals surface area contributed by atoms with Crippen LogP contribution < -0.4 is 11.1 Å². The summed E-state index contributed by atoms with van der Waals surface area (Å²) in [7, 11) is 0. The zero-order valence-corrected chi connectivity index (χ0v) is 6.77. The summed E-state index contributed by atoms with van der Waals surface area (Å²) in [5, 5.41) is 19.9. The molecule has 0 saturated heterocycles. The van der Waals surface area contributed by atoms with Crippen LogP contribution in [0.4, 0.5) is 10.3 Å². The summed E-state index contributed by atoms with van der Waals surface area (Å²) in [6.45, 7) is 0.881. The SMILES string of the molecule is Nc1nnc(NCCCO)s1. The molecule has 0 fully saturated rings. The van der Waals surface area contributed by atoms with E-state index in [4.69, 9.17) is 10.8 Å². The van der Waals surface area contributed by atoms with Gasteiger partial charge in [-0.25, -0.2) is 0 Å². The third kappa shape index (κ3) is 2.69. The van der Waals surface area contributed by atoms with Crippen LogP contribution in [0.15, 0.2) is 0 Å². The van der Waals surface area contributed by atoms with Crippen molar-refractivity contribution in [3.05, 3.63) is 0 Å². The summed E-state index contributed by atoms with van der Waals surface area (Å²) < 4.78 is 0. The van der Waals surface area contributed by atoms with Gasteiger partial charge in [0, 0.05) is 13.2 Å². The zero-order chi connectivity index (χ0) is 8.10. The van der Waals surface area contributed by atoms with E-state index in [0.29, 0.717) is 23.2 Å². The van der Waals surface area contributed by atoms with Crippen LogP contribution in [0.1, 0.15) is 6.42 Å². The molecule has 1 aromatic rings. The van der Waals surface area contributed by atoms with Crippen molar-refractivity contribution in [2.24, 2.45) is 0 Å². The van der Waals surface area contributed by atoms with Gasteiger partial charge >= 0.3 is 0 Å². The number of rotatable bonds is 4. The Balaban J connectivity index is 2.27. The molecule has 1 heterocycles. The number of aromatic nitrogens is 2. The monoisotopic (exact) mass is 174 g/mol. The molecule has 0 aliphatic heterocycles. The van der Waals surface area contributed by atoms with Crippen molar-refractivity contribution in [1.29, 1.82) is 0 Å². The fourth-order valence-electron chi connectivity index (χ4n) is 0.580. The molecule has 0 radical (unpaired) electrons. The number of aliphatic hydroxyl groups is 1. The Hall–Kier alpha value is -0.880. The van der Waals surface area contributed by atoms with Gasteiger partial charge in [0.15, 0.2) is 0 Å². The van der Waals surface area contributed by atoms with E-state index in [9.17, 15) is 0 Å². The van der Waals surface area contributed by atoms with Gasteiger partial charge in [-0.15, -0.1) is 10.2 Å². The molecule has 1 aromatic heterocycles. The summed E-state index contributed by atoms with van der Waals surface area (Å²) in [4.78, 5) is 0. The van der Waals surface area contributed by atoms with Crippen molar-refractivity contribution in [1.82, 2.24) is 10.2 Å². The molecule has 0 amide bonds. The minimum atomic E-state index is 0.182. The predicted molar refractivity (Wildman–Crippen MR) is 44.5 cm³/mol. The number of hydrogen-bond donors (Lipinski definition) is 3. The summed E-state index contributed by atoms with van der Waals surface area (Å²) in [5.41, 5.74) is 5.34. The molecule has 11 heavy (non-hydrogen) atoms. The molecule has 0 atom stereocenters. The van der Waals surface area contributed by atoms with Gasteiger partial charge in [0.1, 0.15) is 0 Å². The van der Waals surface area contributed by atoms with Crippen LogP contribution >= 0.6 is 11.3 Å². The minimum Gasteiger partial charge on any atom is -0.396 e. The van der Waals surface area contributed by atoms with Crippen molar-refractivity contribution in [3.8, 4) is 0 Å². The van der Waals surface area contributed by atoms with Crippen LogP contribution in [-0.4, -0.2) is 28.5 Å². The molecule has 0 saturated carbocycles. The first-order chi connectivity index (χ1) is 5.33. The summed E-state index contributed by atoms with van der Waals surface area (Å²) in [6.07, 6.45) is 0.708. The molecule has 6 heteroatoms. The molecule has 0 aliphatic carbocycles. The van der Waals surface area contributed by atoms with Gasteiger partial charge in [0.2, 0.25) is 10.3 Å². The molecule has 0 aliphatic rings. The van der Waals surface area contributed by atoms with Crippen molar-refractivity contribution in [2.75, 3.05) is 24.2 Å². The second kappa shape index (κ2) is 4.09. The van der Waals surface area contributed by atoms with Crippen molar-refractivity contribution in [2.45, 2.75) is 6.42 Å².